The summed E-state index contributed by atoms with van der Waals surface area (Å²) in [7, 11) is 1.31. The maximum Gasteiger partial charge on any atom is 0.350 e. The van der Waals surface area contributed by atoms with Gasteiger partial charge in [0.1, 0.15) is 4.88 Å². The average molecular weight is 304 g/mol. The fourth-order valence-electron chi connectivity index (χ4n) is 1.92. The van der Waals surface area contributed by atoms with Gasteiger partial charge in [-0.3, -0.25) is 4.79 Å². The van der Waals surface area contributed by atoms with Crippen molar-refractivity contribution >= 4 is 34.6 Å². The predicted molar refractivity (Wildman–Crippen MR) is 83.9 cm³/mol. The monoisotopic (exact) mass is 304 g/mol. The lowest BCUT2D eigenvalue weighted by molar-refractivity contribution is 0.0607. The number of benzene rings is 1. The zero-order valence-corrected chi connectivity index (χ0v) is 12.8. The zero-order valence-electron chi connectivity index (χ0n) is 12.0. The summed E-state index contributed by atoms with van der Waals surface area (Å²) in [5.74, 6) is -0.765. The van der Waals surface area contributed by atoms with Crippen LogP contribution in [0.1, 0.15) is 31.2 Å². The van der Waals surface area contributed by atoms with Crippen molar-refractivity contribution in [2.45, 2.75) is 13.8 Å². The van der Waals surface area contributed by atoms with Crippen molar-refractivity contribution in [1.82, 2.24) is 0 Å². The number of ether oxygens (including phenoxy) is 1. The number of rotatable bonds is 3. The number of esters is 1. The molecule has 0 fully saturated rings. The van der Waals surface area contributed by atoms with E-state index in [-0.39, 0.29) is 5.91 Å². The molecule has 1 heterocycles. The first kappa shape index (κ1) is 15.1. The highest BCUT2D eigenvalue weighted by atomic mass is 32.1. The molecule has 1 aromatic heterocycles. The summed E-state index contributed by atoms with van der Waals surface area (Å²) in [6, 6.07) is 5.15. The second kappa shape index (κ2) is 5.97. The summed E-state index contributed by atoms with van der Waals surface area (Å²) in [6.07, 6.45) is 0. The van der Waals surface area contributed by atoms with Gasteiger partial charge in [-0.1, -0.05) is 6.07 Å². The molecule has 0 spiro atoms. The summed E-state index contributed by atoms with van der Waals surface area (Å²) in [4.78, 5) is 24.5. The first-order chi connectivity index (χ1) is 9.95. The van der Waals surface area contributed by atoms with Gasteiger partial charge in [0.25, 0.3) is 5.91 Å². The minimum absolute atomic E-state index is 0.300. The number of nitrogens with two attached hydrogens (primary N) is 1. The summed E-state index contributed by atoms with van der Waals surface area (Å²) in [5.41, 5.74) is 8.86. The number of amides is 1. The van der Waals surface area contributed by atoms with Crippen LogP contribution in [0.15, 0.2) is 23.6 Å². The third kappa shape index (κ3) is 2.90. The minimum Gasteiger partial charge on any atom is -0.465 e. The molecular formula is C15H16N2O3S. The molecular weight excluding hydrogens is 288 g/mol. The van der Waals surface area contributed by atoms with E-state index in [1.807, 2.05) is 6.92 Å². The quantitative estimate of drug-likeness (QED) is 0.674. The van der Waals surface area contributed by atoms with Crippen LogP contribution >= 0.6 is 11.3 Å². The molecule has 5 nitrogen and oxygen atoms in total. The number of nitrogens with one attached hydrogen (secondary N) is 1. The molecule has 2 aromatic rings. The lowest BCUT2D eigenvalue weighted by Gasteiger charge is -2.10. The average Bonchev–Trinajstić information content (AvgIpc) is 2.82. The van der Waals surface area contributed by atoms with Gasteiger partial charge >= 0.3 is 5.97 Å². The number of hydrogen-bond acceptors (Lipinski definition) is 5. The number of carbonyl (C=O) groups excluding carboxylic acids is 2. The Hall–Kier alpha value is -2.34. The molecule has 0 saturated heterocycles. The fraction of sp³-hybridized carbons (Fsp3) is 0.200. The van der Waals surface area contributed by atoms with Crippen LogP contribution in [0, 0.1) is 13.8 Å². The number of nitrogen functional groups attached to an aromatic ring is 1. The Morgan fingerprint density at radius 1 is 1.29 bits per heavy atom. The lowest BCUT2D eigenvalue weighted by Crippen LogP contribution is -2.16. The van der Waals surface area contributed by atoms with E-state index in [1.54, 1.807) is 30.5 Å². The Morgan fingerprint density at radius 3 is 2.67 bits per heavy atom. The van der Waals surface area contributed by atoms with E-state index in [0.29, 0.717) is 27.4 Å². The number of aryl methyl sites for hydroxylation is 1. The molecule has 0 aliphatic carbocycles. The molecule has 21 heavy (non-hydrogen) atoms. The Morgan fingerprint density at radius 2 is 2.00 bits per heavy atom. The van der Waals surface area contributed by atoms with Crippen molar-refractivity contribution in [3.05, 3.63) is 45.1 Å². The predicted octanol–water partition coefficient (Wildman–Crippen LogP) is 2.99. The molecule has 1 amide bonds. The number of methoxy groups -OCH3 is 1. The molecule has 0 unspecified atom stereocenters. The number of thiophene rings is 1. The standard InChI is InChI=1S/C15H16N2O3S/c1-8-7-21-13(15(19)20-3)12(8)17-14(18)10-5-4-6-11(16)9(10)2/h4-7H,16H2,1-3H3,(H,17,18). The molecule has 0 atom stereocenters. The van der Waals surface area contributed by atoms with Crippen LogP contribution in [0.3, 0.4) is 0 Å². The van der Waals surface area contributed by atoms with Crippen LogP contribution in [0.2, 0.25) is 0 Å². The molecule has 6 heteroatoms. The number of anilines is 2. The normalized spacial score (nSPS) is 10.2. The van der Waals surface area contributed by atoms with E-state index in [2.05, 4.69) is 5.32 Å². The highest BCUT2D eigenvalue weighted by Crippen LogP contribution is 2.29. The largest absolute Gasteiger partial charge is 0.465 e. The van der Waals surface area contributed by atoms with Crippen LogP contribution in [-0.2, 0) is 4.74 Å². The van der Waals surface area contributed by atoms with E-state index in [0.717, 1.165) is 5.56 Å². The molecule has 0 bridgehead atoms. The van der Waals surface area contributed by atoms with Crippen molar-refractivity contribution in [2.75, 3.05) is 18.2 Å². The smallest absolute Gasteiger partial charge is 0.350 e. The molecule has 110 valence electrons. The molecule has 1 aromatic carbocycles. The first-order valence-electron chi connectivity index (χ1n) is 6.28. The van der Waals surface area contributed by atoms with Crippen LogP contribution in [-0.4, -0.2) is 19.0 Å². The molecule has 0 saturated carbocycles. The third-order valence-corrected chi connectivity index (χ3v) is 4.28. The van der Waals surface area contributed by atoms with Gasteiger partial charge in [-0.2, -0.15) is 0 Å². The molecule has 2 rings (SSSR count). The molecule has 0 radical (unpaired) electrons. The van der Waals surface area contributed by atoms with Gasteiger partial charge in [-0.15, -0.1) is 11.3 Å². The molecule has 0 aliphatic heterocycles. The van der Waals surface area contributed by atoms with Crippen molar-refractivity contribution in [1.29, 1.82) is 0 Å². The Bertz CT molecular complexity index is 707. The molecule has 0 aliphatic rings. The Labute approximate surface area is 126 Å². The summed E-state index contributed by atoms with van der Waals surface area (Å²) in [6.45, 7) is 3.61. The van der Waals surface area contributed by atoms with E-state index in [1.165, 1.54) is 18.4 Å². The SMILES string of the molecule is COC(=O)c1scc(C)c1NC(=O)c1cccc(N)c1C. The maximum absolute atomic E-state index is 12.4. The lowest BCUT2D eigenvalue weighted by atomic mass is 10.1. The summed E-state index contributed by atoms with van der Waals surface area (Å²) < 4.78 is 4.72. The van der Waals surface area contributed by atoms with E-state index < -0.39 is 5.97 Å². The van der Waals surface area contributed by atoms with Gasteiger partial charge < -0.3 is 15.8 Å². The van der Waals surface area contributed by atoms with E-state index in [9.17, 15) is 9.59 Å². The molecule has 3 N–H and O–H groups in total. The highest BCUT2D eigenvalue weighted by molar-refractivity contribution is 7.12. The zero-order chi connectivity index (χ0) is 15.6. The summed E-state index contributed by atoms with van der Waals surface area (Å²) >= 11 is 1.24. The Kier molecular flexibility index (Phi) is 4.28. The Balaban J connectivity index is 2.34. The third-order valence-electron chi connectivity index (χ3n) is 3.20. The minimum atomic E-state index is -0.465. The van der Waals surface area contributed by atoms with E-state index >= 15 is 0 Å². The van der Waals surface area contributed by atoms with Gasteiger partial charge in [0.15, 0.2) is 0 Å². The number of carbonyl (C=O) groups is 2. The second-order valence-electron chi connectivity index (χ2n) is 4.59. The van der Waals surface area contributed by atoms with Crippen LogP contribution in [0.5, 0.6) is 0 Å². The van der Waals surface area contributed by atoms with Crippen molar-refractivity contribution in [2.24, 2.45) is 0 Å². The van der Waals surface area contributed by atoms with Gasteiger partial charge in [0, 0.05) is 11.3 Å². The van der Waals surface area contributed by atoms with Gasteiger partial charge in [-0.05, 0) is 42.5 Å². The highest BCUT2D eigenvalue weighted by Gasteiger charge is 2.20. The van der Waals surface area contributed by atoms with E-state index in [4.69, 9.17) is 10.5 Å². The van der Waals surface area contributed by atoms with Gasteiger partial charge in [0.05, 0.1) is 12.8 Å². The van der Waals surface area contributed by atoms with Gasteiger partial charge in [0.2, 0.25) is 0 Å². The fourth-order valence-corrected chi connectivity index (χ4v) is 2.84. The topological polar surface area (TPSA) is 81.4 Å². The van der Waals surface area contributed by atoms with Crippen LogP contribution in [0.4, 0.5) is 11.4 Å². The van der Waals surface area contributed by atoms with Crippen LogP contribution in [0.25, 0.3) is 0 Å². The maximum atomic E-state index is 12.4. The van der Waals surface area contributed by atoms with Crippen molar-refractivity contribution in [3.63, 3.8) is 0 Å². The van der Waals surface area contributed by atoms with Crippen molar-refractivity contribution in [3.8, 4) is 0 Å². The first-order valence-corrected chi connectivity index (χ1v) is 7.16. The number of hydrogen-bond donors (Lipinski definition) is 2. The summed E-state index contributed by atoms with van der Waals surface area (Å²) in [5, 5.41) is 4.57. The second-order valence-corrected chi connectivity index (χ2v) is 5.47. The van der Waals surface area contributed by atoms with Crippen LogP contribution < -0.4 is 11.1 Å². The van der Waals surface area contributed by atoms with Crippen molar-refractivity contribution < 1.29 is 14.3 Å². The van der Waals surface area contributed by atoms with Gasteiger partial charge in [-0.25, -0.2) is 4.79 Å².